The number of anilines is 2. The van der Waals surface area contributed by atoms with E-state index in [1.807, 2.05) is 0 Å². The van der Waals surface area contributed by atoms with Gasteiger partial charge in [-0.2, -0.15) is 0 Å². The fourth-order valence-electron chi connectivity index (χ4n) is 2.80. The zero-order valence-corrected chi connectivity index (χ0v) is 11.4. The Kier molecular flexibility index (Phi) is 4.24. The van der Waals surface area contributed by atoms with Crippen molar-refractivity contribution < 1.29 is 4.79 Å². The molecular weight excluding hydrogens is 240 g/mol. The summed E-state index contributed by atoms with van der Waals surface area (Å²) in [5.41, 5.74) is 12.2. The van der Waals surface area contributed by atoms with Crippen molar-refractivity contribution in [3.63, 3.8) is 0 Å². The van der Waals surface area contributed by atoms with E-state index in [0.717, 1.165) is 19.4 Å². The van der Waals surface area contributed by atoms with Crippen molar-refractivity contribution in [1.29, 1.82) is 0 Å². The fourth-order valence-corrected chi connectivity index (χ4v) is 2.80. The lowest BCUT2D eigenvalue weighted by Crippen LogP contribution is -2.38. The van der Waals surface area contributed by atoms with E-state index in [-0.39, 0.29) is 5.69 Å². The molecule has 0 bridgehead atoms. The number of amides is 1. The molecule has 1 aromatic heterocycles. The van der Waals surface area contributed by atoms with E-state index in [1.54, 1.807) is 12.1 Å². The molecule has 1 aliphatic rings. The first-order valence-corrected chi connectivity index (χ1v) is 6.96. The molecule has 0 atom stereocenters. The Labute approximate surface area is 114 Å². The molecule has 1 fully saturated rings. The van der Waals surface area contributed by atoms with Crippen LogP contribution in [0, 0.1) is 0 Å². The number of rotatable bonds is 4. The van der Waals surface area contributed by atoms with E-state index in [0.29, 0.717) is 17.5 Å². The lowest BCUT2D eigenvalue weighted by atomic mass is 9.94. The molecule has 5 nitrogen and oxygen atoms in total. The van der Waals surface area contributed by atoms with E-state index in [1.165, 1.54) is 19.3 Å². The van der Waals surface area contributed by atoms with Gasteiger partial charge in [-0.15, -0.1) is 0 Å². The molecule has 1 saturated carbocycles. The summed E-state index contributed by atoms with van der Waals surface area (Å²) in [6, 6.07) is 3.76. The number of carbonyl (C=O) groups is 1. The molecule has 1 aliphatic carbocycles. The molecule has 1 aromatic rings. The molecule has 2 rings (SSSR count). The topological polar surface area (TPSA) is 85.2 Å². The van der Waals surface area contributed by atoms with Gasteiger partial charge in [-0.25, -0.2) is 4.98 Å². The van der Waals surface area contributed by atoms with Gasteiger partial charge in [0, 0.05) is 12.6 Å². The Balaban J connectivity index is 2.30. The molecule has 104 valence electrons. The third-order valence-corrected chi connectivity index (χ3v) is 3.79. The van der Waals surface area contributed by atoms with Gasteiger partial charge in [-0.3, -0.25) is 4.79 Å². The molecule has 19 heavy (non-hydrogen) atoms. The van der Waals surface area contributed by atoms with E-state index in [9.17, 15) is 4.79 Å². The van der Waals surface area contributed by atoms with Crippen LogP contribution in [0.25, 0.3) is 0 Å². The summed E-state index contributed by atoms with van der Waals surface area (Å²) in [6.45, 7) is 2.93. The van der Waals surface area contributed by atoms with E-state index in [4.69, 9.17) is 11.5 Å². The van der Waals surface area contributed by atoms with Crippen molar-refractivity contribution in [3.8, 4) is 0 Å². The summed E-state index contributed by atoms with van der Waals surface area (Å²) in [6.07, 6.45) is 6.12. The van der Waals surface area contributed by atoms with Crippen molar-refractivity contribution in [3.05, 3.63) is 17.8 Å². The first-order chi connectivity index (χ1) is 9.13. The lowest BCUT2D eigenvalue weighted by molar-refractivity contribution is 0.0995. The minimum Gasteiger partial charge on any atom is -0.396 e. The van der Waals surface area contributed by atoms with Crippen LogP contribution in [0.2, 0.25) is 0 Å². The highest BCUT2D eigenvalue weighted by molar-refractivity contribution is 5.91. The van der Waals surface area contributed by atoms with Gasteiger partial charge in [-0.05, 0) is 31.9 Å². The van der Waals surface area contributed by atoms with Crippen molar-refractivity contribution in [2.45, 2.75) is 45.1 Å². The predicted molar refractivity (Wildman–Crippen MR) is 77.1 cm³/mol. The maximum absolute atomic E-state index is 11.3. The van der Waals surface area contributed by atoms with Gasteiger partial charge in [0.2, 0.25) is 0 Å². The number of hydrogen-bond acceptors (Lipinski definition) is 4. The van der Waals surface area contributed by atoms with Crippen LogP contribution in [0.1, 0.15) is 49.5 Å². The second-order valence-electron chi connectivity index (χ2n) is 5.05. The minimum absolute atomic E-state index is 0.276. The quantitative estimate of drug-likeness (QED) is 0.868. The van der Waals surface area contributed by atoms with Crippen LogP contribution in [0.4, 0.5) is 11.5 Å². The van der Waals surface area contributed by atoms with E-state index in [2.05, 4.69) is 16.8 Å². The van der Waals surface area contributed by atoms with Crippen molar-refractivity contribution in [2.75, 3.05) is 17.2 Å². The van der Waals surface area contributed by atoms with Gasteiger partial charge >= 0.3 is 0 Å². The second-order valence-corrected chi connectivity index (χ2v) is 5.05. The average Bonchev–Trinajstić information content (AvgIpc) is 2.42. The summed E-state index contributed by atoms with van der Waals surface area (Å²) in [5, 5.41) is 0. The normalized spacial score (nSPS) is 16.3. The van der Waals surface area contributed by atoms with Crippen molar-refractivity contribution >= 4 is 17.4 Å². The Morgan fingerprint density at radius 2 is 2.05 bits per heavy atom. The summed E-state index contributed by atoms with van der Waals surface area (Å²) < 4.78 is 0. The minimum atomic E-state index is -0.513. The second kappa shape index (κ2) is 5.91. The first kappa shape index (κ1) is 13.6. The van der Waals surface area contributed by atoms with Crippen LogP contribution in [-0.2, 0) is 0 Å². The number of pyridine rings is 1. The van der Waals surface area contributed by atoms with Gasteiger partial charge < -0.3 is 16.4 Å². The number of hydrogen-bond donors (Lipinski definition) is 2. The Morgan fingerprint density at radius 3 is 2.63 bits per heavy atom. The summed E-state index contributed by atoms with van der Waals surface area (Å²) in [4.78, 5) is 17.8. The molecular formula is C14H22N4O. The lowest BCUT2D eigenvalue weighted by Gasteiger charge is -2.35. The van der Waals surface area contributed by atoms with Gasteiger partial charge in [0.1, 0.15) is 5.69 Å². The molecule has 0 aliphatic heterocycles. The Hall–Kier alpha value is -1.78. The van der Waals surface area contributed by atoms with Crippen LogP contribution < -0.4 is 16.4 Å². The first-order valence-electron chi connectivity index (χ1n) is 6.96. The summed E-state index contributed by atoms with van der Waals surface area (Å²) in [7, 11) is 0. The van der Waals surface area contributed by atoms with Gasteiger partial charge in [-0.1, -0.05) is 19.3 Å². The molecule has 1 amide bonds. The highest BCUT2D eigenvalue weighted by Gasteiger charge is 2.23. The molecule has 0 unspecified atom stereocenters. The number of aromatic nitrogens is 1. The van der Waals surface area contributed by atoms with Crippen LogP contribution in [0.3, 0.4) is 0 Å². The number of nitrogen functional groups attached to an aromatic ring is 1. The molecule has 0 aromatic carbocycles. The smallest absolute Gasteiger partial charge is 0.267 e. The summed E-state index contributed by atoms with van der Waals surface area (Å²) in [5.74, 6) is 0.187. The van der Waals surface area contributed by atoms with Crippen molar-refractivity contribution in [2.24, 2.45) is 5.73 Å². The van der Waals surface area contributed by atoms with Crippen LogP contribution in [0.5, 0.6) is 0 Å². The van der Waals surface area contributed by atoms with Gasteiger partial charge in [0.05, 0.1) is 5.69 Å². The largest absolute Gasteiger partial charge is 0.396 e. The number of carbonyl (C=O) groups excluding carboxylic acids is 1. The Morgan fingerprint density at radius 1 is 1.37 bits per heavy atom. The fraction of sp³-hybridized carbons (Fsp3) is 0.571. The number of nitrogens with two attached hydrogens (primary N) is 2. The number of nitrogens with zero attached hydrogens (tertiary/aromatic N) is 2. The predicted octanol–water partition coefficient (Wildman–Crippen LogP) is 1.92. The highest BCUT2D eigenvalue weighted by atomic mass is 16.1. The zero-order valence-electron chi connectivity index (χ0n) is 11.4. The SMILES string of the molecule is CCN(c1nc(C(N)=O)ccc1N)C1CCCCC1. The third-order valence-electron chi connectivity index (χ3n) is 3.79. The standard InChI is InChI=1S/C14H22N4O/c1-2-18(10-6-4-3-5-7-10)14-11(15)8-9-12(17-14)13(16)19/h8-10H,2-7,15H2,1H3,(H2,16,19). The highest BCUT2D eigenvalue weighted by Crippen LogP contribution is 2.29. The maximum atomic E-state index is 11.3. The maximum Gasteiger partial charge on any atom is 0.267 e. The van der Waals surface area contributed by atoms with Crippen LogP contribution in [0.15, 0.2) is 12.1 Å². The van der Waals surface area contributed by atoms with E-state index < -0.39 is 5.91 Å². The molecule has 0 spiro atoms. The van der Waals surface area contributed by atoms with Crippen LogP contribution >= 0.6 is 0 Å². The summed E-state index contributed by atoms with van der Waals surface area (Å²) >= 11 is 0. The average molecular weight is 262 g/mol. The number of primary amides is 1. The zero-order chi connectivity index (χ0) is 13.8. The molecule has 4 N–H and O–H groups in total. The third kappa shape index (κ3) is 2.97. The molecule has 5 heteroatoms. The molecule has 1 heterocycles. The van der Waals surface area contributed by atoms with Crippen LogP contribution in [-0.4, -0.2) is 23.5 Å². The monoisotopic (exact) mass is 262 g/mol. The van der Waals surface area contributed by atoms with Gasteiger partial charge in [0.15, 0.2) is 5.82 Å². The molecule has 0 radical (unpaired) electrons. The van der Waals surface area contributed by atoms with Crippen molar-refractivity contribution in [1.82, 2.24) is 4.98 Å². The Bertz CT molecular complexity index is 455. The van der Waals surface area contributed by atoms with E-state index >= 15 is 0 Å². The van der Waals surface area contributed by atoms with Gasteiger partial charge in [0.25, 0.3) is 5.91 Å². The molecule has 0 saturated heterocycles.